The summed E-state index contributed by atoms with van der Waals surface area (Å²) < 4.78 is 0. The largest absolute Gasteiger partial charge is 0.382 e. The molecule has 2 heterocycles. The first-order valence-corrected chi connectivity index (χ1v) is 12.5. The number of Topliss-reactive ketones (excluding diaryl/α,β-unsaturated/α-hetero) is 1. The fourth-order valence-corrected chi connectivity index (χ4v) is 5.35. The first-order chi connectivity index (χ1) is 14.8. The minimum absolute atomic E-state index is 0.0573. The first-order valence-electron chi connectivity index (χ1n) is 12.5. The number of rotatable bonds is 14. The molecule has 0 aromatic carbocycles. The monoisotopic (exact) mass is 439 g/mol. The molecule has 2 fully saturated rings. The van der Waals surface area contributed by atoms with Gasteiger partial charge in [-0.2, -0.15) is 0 Å². The van der Waals surface area contributed by atoms with Crippen molar-refractivity contribution in [3.05, 3.63) is 0 Å². The molecule has 2 saturated heterocycles. The Kier molecular flexibility index (Phi) is 11.4. The topological polar surface area (TPSA) is 71.1 Å². The number of carbonyl (C=O) groups is 1. The van der Waals surface area contributed by atoms with E-state index in [4.69, 9.17) is 0 Å². The van der Waals surface area contributed by atoms with Crippen molar-refractivity contribution >= 4 is 5.78 Å². The highest BCUT2D eigenvalue weighted by atomic mass is 16.3. The summed E-state index contributed by atoms with van der Waals surface area (Å²) in [4.78, 5) is 20.0. The standard InChI is InChI=1S/C24H49N5O2/c1-22(30)24(31,10-7-15-27(3)4)23(2,8-5-16-28-18-11-25-12-19-28)9-6-17-29-20-13-26-14-21-29/h25-26,31H,5-21H2,1-4H3. The summed E-state index contributed by atoms with van der Waals surface area (Å²) in [5.41, 5.74) is -1.62. The van der Waals surface area contributed by atoms with Gasteiger partial charge in [-0.05, 0) is 79.2 Å². The molecule has 7 nitrogen and oxygen atoms in total. The van der Waals surface area contributed by atoms with Gasteiger partial charge in [0.2, 0.25) is 0 Å². The van der Waals surface area contributed by atoms with Crippen LogP contribution in [-0.4, -0.2) is 117 Å². The van der Waals surface area contributed by atoms with E-state index < -0.39 is 5.60 Å². The second-order valence-electron chi connectivity index (χ2n) is 10.3. The van der Waals surface area contributed by atoms with E-state index in [2.05, 4.69) is 32.3 Å². The summed E-state index contributed by atoms with van der Waals surface area (Å²) in [6.45, 7) is 15.4. The molecule has 0 amide bonds. The summed E-state index contributed by atoms with van der Waals surface area (Å²) in [7, 11) is 4.10. The minimum Gasteiger partial charge on any atom is -0.382 e. The van der Waals surface area contributed by atoms with Crippen LogP contribution < -0.4 is 10.6 Å². The molecule has 0 bridgehead atoms. The Balaban J connectivity index is 2.01. The second kappa shape index (κ2) is 13.2. The average Bonchev–Trinajstić information content (AvgIpc) is 2.74. The van der Waals surface area contributed by atoms with Crippen molar-refractivity contribution in [3.8, 4) is 0 Å². The normalized spacial score (nSPS) is 21.4. The summed E-state index contributed by atoms with van der Waals surface area (Å²) >= 11 is 0. The molecule has 7 heteroatoms. The third-order valence-corrected chi connectivity index (χ3v) is 7.55. The molecule has 0 aromatic heterocycles. The van der Waals surface area contributed by atoms with Crippen molar-refractivity contribution in [2.24, 2.45) is 5.41 Å². The number of hydrogen-bond donors (Lipinski definition) is 3. The molecule has 31 heavy (non-hydrogen) atoms. The maximum absolute atomic E-state index is 12.8. The van der Waals surface area contributed by atoms with Crippen molar-refractivity contribution in [2.75, 3.05) is 86.1 Å². The van der Waals surface area contributed by atoms with Crippen LogP contribution >= 0.6 is 0 Å². The van der Waals surface area contributed by atoms with Crippen LogP contribution in [0.25, 0.3) is 0 Å². The van der Waals surface area contributed by atoms with Crippen molar-refractivity contribution in [2.45, 2.75) is 58.0 Å². The molecule has 1 unspecified atom stereocenters. The average molecular weight is 440 g/mol. The van der Waals surface area contributed by atoms with E-state index in [9.17, 15) is 9.90 Å². The first kappa shape index (κ1) is 26.7. The van der Waals surface area contributed by atoms with E-state index in [1.165, 1.54) is 0 Å². The van der Waals surface area contributed by atoms with Crippen LogP contribution in [0.3, 0.4) is 0 Å². The van der Waals surface area contributed by atoms with Crippen LogP contribution in [0, 0.1) is 5.41 Å². The fourth-order valence-electron chi connectivity index (χ4n) is 5.35. The van der Waals surface area contributed by atoms with Gasteiger partial charge in [-0.3, -0.25) is 4.79 Å². The molecule has 0 aromatic rings. The van der Waals surface area contributed by atoms with E-state index in [-0.39, 0.29) is 11.2 Å². The van der Waals surface area contributed by atoms with Crippen LogP contribution in [0.1, 0.15) is 52.4 Å². The van der Waals surface area contributed by atoms with Crippen molar-refractivity contribution in [3.63, 3.8) is 0 Å². The highest BCUT2D eigenvalue weighted by molar-refractivity contribution is 5.85. The molecule has 0 radical (unpaired) electrons. The van der Waals surface area contributed by atoms with Crippen LogP contribution in [0.4, 0.5) is 0 Å². The lowest BCUT2D eigenvalue weighted by atomic mass is 9.64. The number of ketones is 1. The summed E-state index contributed by atoms with van der Waals surface area (Å²) in [6.07, 6.45) is 5.26. The van der Waals surface area contributed by atoms with Crippen molar-refractivity contribution in [1.29, 1.82) is 0 Å². The van der Waals surface area contributed by atoms with E-state index in [1.807, 2.05) is 14.1 Å². The number of hydrogen-bond acceptors (Lipinski definition) is 7. The maximum atomic E-state index is 12.8. The second-order valence-corrected chi connectivity index (χ2v) is 10.3. The van der Waals surface area contributed by atoms with Gasteiger partial charge in [0.1, 0.15) is 5.60 Å². The lowest BCUT2D eigenvalue weighted by Gasteiger charge is -2.45. The number of piperazine rings is 2. The van der Waals surface area contributed by atoms with Crippen LogP contribution in [-0.2, 0) is 4.79 Å². The van der Waals surface area contributed by atoms with Gasteiger partial charge in [0, 0.05) is 57.8 Å². The summed E-state index contributed by atoms with van der Waals surface area (Å²) in [6, 6.07) is 0. The lowest BCUT2D eigenvalue weighted by molar-refractivity contribution is -0.155. The van der Waals surface area contributed by atoms with E-state index in [0.717, 1.165) is 104 Å². The van der Waals surface area contributed by atoms with E-state index in [0.29, 0.717) is 6.42 Å². The SMILES string of the molecule is CC(=O)C(O)(CCCN(C)C)C(C)(CCCN1CCNCC1)CCCN1CCNCC1. The van der Waals surface area contributed by atoms with Gasteiger partial charge in [-0.1, -0.05) is 6.92 Å². The molecular formula is C24H49N5O2. The molecular weight excluding hydrogens is 390 g/mol. The number of nitrogens with one attached hydrogen (secondary N) is 2. The molecule has 0 aliphatic carbocycles. The number of nitrogens with zero attached hydrogens (tertiary/aromatic N) is 3. The Morgan fingerprint density at radius 1 is 0.871 bits per heavy atom. The maximum Gasteiger partial charge on any atom is 0.161 e. The van der Waals surface area contributed by atoms with Gasteiger partial charge in [-0.15, -0.1) is 0 Å². The predicted molar refractivity (Wildman–Crippen MR) is 129 cm³/mol. The molecule has 0 spiro atoms. The Morgan fingerprint density at radius 2 is 1.32 bits per heavy atom. The van der Waals surface area contributed by atoms with Gasteiger partial charge in [-0.25, -0.2) is 0 Å². The third-order valence-electron chi connectivity index (χ3n) is 7.55. The number of aliphatic hydroxyl groups is 1. The van der Waals surface area contributed by atoms with Gasteiger partial charge < -0.3 is 30.4 Å². The smallest absolute Gasteiger partial charge is 0.161 e. The van der Waals surface area contributed by atoms with E-state index >= 15 is 0 Å². The molecule has 1 atom stereocenters. The molecule has 3 N–H and O–H groups in total. The zero-order valence-electron chi connectivity index (χ0n) is 20.7. The van der Waals surface area contributed by atoms with Gasteiger partial charge in [0.05, 0.1) is 0 Å². The van der Waals surface area contributed by atoms with Crippen molar-refractivity contribution < 1.29 is 9.90 Å². The Bertz CT molecular complexity index is 494. The summed E-state index contributed by atoms with van der Waals surface area (Å²) in [5, 5.41) is 18.6. The van der Waals surface area contributed by atoms with Gasteiger partial charge in [0.15, 0.2) is 5.78 Å². The predicted octanol–water partition coefficient (Wildman–Crippen LogP) is 1.03. The van der Waals surface area contributed by atoms with Crippen molar-refractivity contribution in [1.82, 2.24) is 25.3 Å². The van der Waals surface area contributed by atoms with Crippen LogP contribution in [0.5, 0.6) is 0 Å². The van der Waals surface area contributed by atoms with Gasteiger partial charge in [0.25, 0.3) is 0 Å². The minimum atomic E-state index is -1.24. The van der Waals surface area contributed by atoms with Crippen LogP contribution in [0.15, 0.2) is 0 Å². The quantitative estimate of drug-likeness (QED) is 0.373. The zero-order valence-corrected chi connectivity index (χ0v) is 20.7. The van der Waals surface area contributed by atoms with E-state index in [1.54, 1.807) is 6.92 Å². The number of carbonyl (C=O) groups excluding carboxylic acids is 1. The molecule has 2 rings (SSSR count). The van der Waals surface area contributed by atoms with Crippen LogP contribution in [0.2, 0.25) is 0 Å². The Morgan fingerprint density at radius 3 is 1.71 bits per heavy atom. The Hall–Kier alpha value is -0.570. The highest BCUT2D eigenvalue weighted by Crippen LogP contribution is 2.44. The third kappa shape index (κ3) is 8.37. The molecule has 182 valence electrons. The summed E-state index contributed by atoms with van der Waals surface area (Å²) in [5.74, 6) is -0.0573. The zero-order chi connectivity index (χ0) is 22.7. The molecule has 2 aliphatic rings. The Labute approximate surface area is 190 Å². The lowest BCUT2D eigenvalue weighted by Crippen LogP contribution is -2.53. The molecule has 2 aliphatic heterocycles. The van der Waals surface area contributed by atoms with Gasteiger partial charge >= 0.3 is 0 Å². The molecule has 0 saturated carbocycles. The highest BCUT2D eigenvalue weighted by Gasteiger charge is 2.49. The fraction of sp³-hybridized carbons (Fsp3) is 0.958.